The standard InChI is InChI=1S/C21H19BrF2N2O4/c22-17-2-1-16(3-4-21(29)5-7-30-8-6-21)25-19(17)18(26-20(27)28)11-13-9-14(23)12-15(24)10-13/h1-2,9-10,12,18,26,29H,5-8,11H2,(H,27,28). The van der Waals surface area contributed by atoms with Gasteiger partial charge in [-0.3, -0.25) is 0 Å². The summed E-state index contributed by atoms with van der Waals surface area (Å²) in [5.74, 6) is 4.14. The number of aromatic nitrogens is 1. The van der Waals surface area contributed by atoms with E-state index in [4.69, 9.17) is 4.74 Å². The predicted octanol–water partition coefficient (Wildman–Crippen LogP) is 3.57. The minimum atomic E-state index is -1.31. The molecule has 2 heterocycles. The molecule has 1 aromatic heterocycles. The van der Waals surface area contributed by atoms with Crippen molar-refractivity contribution in [2.24, 2.45) is 0 Å². The van der Waals surface area contributed by atoms with Crippen molar-refractivity contribution in [2.45, 2.75) is 30.9 Å². The van der Waals surface area contributed by atoms with Crippen LogP contribution in [0.2, 0.25) is 0 Å². The maximum absolute atomic E-state index is 13.5. The van der Waals surface area contributed by atoms with Gasteiger partial charge in [0.1, 0.15) is 22.9 Å². The normalized spacial score (nSPS) is 16.3. The number of carbonyl (C=O) groups is 1. The van der Waals surface area contributed by atoms with Crippen molar-refractivity contribution in [3.05, 3.63) is 63.4 Å². The summed E-state index contributed by atoms with van der Waals surface area (Å²) in [5.41, 5.74) is -0.248. The van der Waals surface area contributed by atoms with E-state index in [0.717, 1.165) is 18.2 Å². The molecule has 1 fully saturated rings. The van der Waals surface area contributed by atoms with Gasteiger partial charge >= 0.3 is 6.09 Å². The van der Waals surface area contributed by atoms with Crippen molar-refractivity contribution in [1.82, 2.24) is 10.3 Å². The Bertz CT molecular complexity index is 980. The van der Waals surface area contributed by atoms with Crippen molar-refractivity contribution < 1.29 is 28.5 Å². The van der Waals surface area contributed by atoms with E-state index in [9.17, 15) is 23.8 Å². The van der Waals surface area contributed by atoms with Gasteiger partial charge < -0.3 is 20.3 Å². The van der Waals surface area contributed by atoms with E-state index in [0.29, 0.717) is 41.9 Å². The molecule has 1 aromatic carbocycles. The molecule has 1 aliphatic heterocycles. The van der Waals surface area contributed by atoms with Crippen molar-refractivity contribution in [3.8, 4) is 11.8 Å². The molecule has 3 rings (SSSR count). The van der Waals surface area contributed by atoms with E-state index >= 15 is 0 Å². The van der Waals surface area contributed by atoms with Gasteiger partial charge in [0.05, 0.1) is 24.9 Å². The number of aliphatic hydroxyl groups is 1. The van der Waals surface area contributed by atoms with Crippen molar-refractivity contribution in [1.29, 1.82) is 0 Å². The topological polar surface area (TPSA) is 91.7 Å². The summed E-state index contributed by atoms with van der Waals surface area (Å²) >= 11 is 3.34. The van der Waals surface area contributed by atoms with Gasteiger partial charge in [-0.2, -0.15) is 0 Å². The van der Waals surface area contributed by atoms with Crippen LogP contribution in [0.5, 0.6) is 0 Å². The molecule has 9 heteroatoms. The van der Waals surface area contributed by atoms with E-state index in [2.05, 4.69) is 38.1 Å². The van der Waals surface area contributed by atoms with E-state index < -0.39 is 29.4 Å². The fourth-order valence-corrected chi connectivity index (χ4v) is 3.61. The molecule has 0 spiro atoms. The van der Waals surface area contributed by atoms with Crippen LogP contribution < -0.4 is 5.32 Å². The third-order valence-corrected chi connectivity index (χ3v) is 5.28. The highest BCUT2D eigenvalue weighted by Gasteiger charge is 2.27. The van der Waals surface area contributed by atoms with Crippen LogP contribution in [0.15, 0.2) is 34.8 Å². The van der Waals surface area contributed by atoms with Crippen LogP contribution in [0, 0.1) is 23.5 Å². The van der Waals surface area contributed by atoms with Gasteiger partial charge in [-0.15, -0.1) is 0 Å². The molecule has 0 aliphatic carbocycles. The number of nitrogens with one attached hydrogen (secondary N) is 1. The van der Waals surface area contributed by atoms with E-state index in [1.807, 2.05) is 0 Å². The zero-order valence-electron chi connectivity index (χ0n) is 15.8. The Morgan fingerprint density at radius 1 is 1.27 bits per heavy atom. The van der Waals surface area contributed by atoms with Gasteiger partial charge in [0.2, 0.25) is 0 Å². The average molecular weight is 481 g/mol. The second kappa shape index (κ2) is 9.51. The molecule has 0 radical (unpaired) electrons. The molecule has 1 amide bonds. The van der Waals surface area contributed by atoms with Crippen LogP contribution in [-0.4, -0.2) is 40.1 Å². The smallest absolute Gasteiger partial charge is 0.405 e. The summed E-state index contributed by atoms with van der Waals surface area (Å²) in [6.45, 7) is 0.831. The number of halogens is 3. The predicted molar refractivity (Wildman–Crippen MR) is 108 cm³/mol. The summed E-state index contributed by atoms with van der Waals surface area (Å²) in [7, 11) is 0. The molecule has 1 atom stereocenters. The Balaban J connectivity index is 1.91. The molecule has 0 bridgehead atoms. The highest BCUT2D eigenvalue weighted by Crippen LogP contribution is 2.26. The number of carboxylic acid groups (broad SMARTS) is 1. The first-order chi connectivity index (χ1) is 14.2. The molecule has 3 N–H and O–H groups in total. The van der Waals surface area contributed by atoms with Gasteiger partial charge in [-0.1, -0.05) is 5.92 Å². The Labute approximate surface area is 180 Å². The fourth-order valence-electron chi connectivity index (χ4n) is 3.12. The van der Waals surface area contributed by atoms with Crippen LogP contribution in [0.3, 0.4) is 0 Å². The molecule has 2 aromatic rings. The van der Waals surface area contributed by atoms with Crippen LogP contribution in [0.25, 0.3) is 0 Å². The van der Waals surface area contributed by atoms with Crippen LogP contribution in [0.4, 0.5) is 13.6 Å². The fraction of sp³-hybridized carbons (Fsp3) is 0.333. The van der Waals surface area contributed by atoms with Gasteiger partial charge in [0.25, 0.3) is 0 Å². The summed E-state index contributed by atoms with van der Waals surface area (Å²) in [6, 6.07) is 5.42. The van der Waals surface area contributed by atoms with E-state index in [-0.39, 0.29) is 12.0 Å². The van der Waals surface area contributed by atoms with E-state index in [1.54, 1.807) is 12.1 Å². The van der Waals surface area contributed by atoms with Crippen LogP contribution >= 0.6 is 15.9 Å². The molecule has 158 valence electrons. The van der Waals surface area contributed by atoms with Crippen molar-refractivity contribution in [2.75, 3.05) is 13.2 Å². The lowest BCUT2D eigenvalue weighted by molar-refractivity contribution is -0.0262. The number of pyridine rings is 1. The second-order valence-corrected chi connectivity index (χ2v) is 7.80. The second-order valence-electron chi connectivity index (χ2n) is 6.94. The first kappa shape index (κ1) is 22.2. The maximum Gasteiger partial charge on any atom is 0.405 e. The third kappa shape index (κ3) is 5.98. The Kier molecular flexibility index (Phi) is 7.02. The third-order valence-electron chi connectivity index (χ3n) is 4.61. The van der Waals surface area contributed by atoms with Crippen molar-refractivity contribution >= 4 is 22.0 Å². The summed E-state index contributed by atoms with van der Waals surface area (Å²) in [6.07, 6.45) is -0.557. The number of hydrogen-bond acceptors (Lipinski definition) is 4. The summed E-state index contributed by atoms with van der Waals surface area (Å²) in [4.78, 5) is 15.7. The summed E-state index contributed by atoms with van der Waals surface area (Å²) < 4.78 is 32.8. The maximum atomic E-state index is 13.5. The molecular weight excluding hydrogens is 462 g/mol. The number of amides is 1. The quantitative estimate of drug-likeness (QED) is 0.581. The summed E-state index contributed by atoms with van der Waals surface area (Å²) in [5, 5.41) is 22.0. The molecule has 30 heavy (non-hydrogen) atoms. The van der Waals surface area contributed by atoms with Crippen LogP contribution in [0.1, 0.15) is 35.8 Å². The lowest BCUT2D eigenvalue weighted by atomic mass is 9.95. The first-order valence-corrected chi connectivity index (χ1v) is 9.97. The molecule has 1 aliphatic rings. The number of nitrogens with zero attached hydrogens (tertiary/aromatic N) is 1. The Hall–Kier alpha value is -2.54. The average Bonchev–Trinajstić information content (AvgIpc) is 2.66. The number of ether oxygens (including phenoxy) is 1. The lowest BCUT2D eigenvalue weighted by Crippen LogP contribution is -2.34. The minimum Gasteiger partial charge on any atom is -0.465 e. The monoisotopic (exact) mass is 480 g/mol. The molecule has 6 nitrogen and oxygen atoms in total. The van der Waals surface area contributed by atoms with Gasteiger partial charge in [-0.05, 0) is 58.1 Å². The van der Waals surface area contributed by atoms with E-state index in [1.165, 1.54) is 0 Å². The molecular formula is C21H19BrF2N2O4. The van der Waals surface area contributed by atoms with Gasteiger partial charge in [-0.25, -0.2) is 18.6 Å². The SMILES string of the molecule is O=C(O)NC(Cc1cc(F)cc(F)c1)c1nc(C#CC2(O)CCOCC2)ccc1Br. The first-order valence-electron chi connectivity index (χ1n) is 9.18. The van der Waals surface area contributed by atoms with Crippen molar-refractivity contribution in [3.63, 3.8) is 0 Å². The molecule has 1 saturated heterocycles. The molecule has 1 unspecified atom stereocenters. The van der Waals surface area contributed by atoms with Gasteiger partial charge in [0.15, 0.2) is 0 Å². The number of rotatable bonds is 4. The minimum absolute atomic E-state index is 0.0231. The zero-order chi connectivity index (χ0) is 21.7. The zero-order valence-corrected chi connectivity index (χ0v) is 17.4. The highest BCUT2D eigenvalue weighted by atomic mass is 79.9. The molecule has 0 saturated carbocycles. The van der Waals surface area contributed by atoms with Crippen LogP contribution in [-0.2, 0) is 11.2 Å². The lowest BCUT2D eigenvalue weighted by Gasteiger charge is -2.26. The number of benzene rings is 1. The number of hydrogen-bond donors (Lipinski definition) is 3. The highest BCUT2D eigenvalue weighted by molar-refractivity contribution is 9.10. The largest absolute Gasteiger partial charge is 0.465 e. The van der Waals surface area contributed by atoms with Gasteiger partial charge in [0, 0.05) is 23.4 Å². The Morgan fingerprint density at radius 3 is 2.57 bits per heavy atom. The Morgan fingerprint density at radius 2 is 1.93 bits per heavy atom.